The van der Waals surface area contributed by atoms with Gasteiger partial charge in [-0.1, -0.05) is 75.4 Å². The summed E-state index contributed by atoms with van der Waals surface area (Å²) >= 11 is 0. The first kappa shape index (κ1) is 93.3. The Labute approximate surface area is 724 Å². The summed E-state index contributed by atoms with van der Waals surface area (Å²) in [5.74, 6) is -3.58. The molecule has 0 spiro atoms. The van der Waals surface area contributed by atoms with Gasteiger partial charge in [0, 0.05) is 121 Å². The predicted molar refractivity (Wildman–Crippen MR) is 462 cm³/mol. The highest BCUT2D eigenvalue weighted by Gasteiger charge is 2.43. The van der Waals surface area contributed by atoms with Crippen molar-refractivity contribution >= 4 is 81.1 Å². The topological polar surface area (TPSA) is 415 Å². The van der Waals surface area contributed by atoms with Crippen LogP contribution in [-0.4, -0.2) is 269 Å². The Morgan fingerprint density at radius 3 is 2.23 bits per heavy atom. The number of nitrogens with one attached hydrogen (secondary N) is 1. The first-order valence-electron chi connectivity index (χ1n) is 43.9. The number of allylic oxidation sites excluding steroid dienone is 6. The number of oxazole rings is 1. The zero-order chi connectivity index (χ0) is 87.8. The molecular formula is C91H124N14O19. The molecule has 12 rings (SSSR count). The van der Waals surface area contributed by atoms with E-state index in [1.165, 1.54) is 22.9 Å². The Kier molecular flexibility index (Phi) is 34.5. The minimum Gasteiger partial charge on any atom is -0.460 e. The van der Waals surface area contributed by atoms with Crippen LogP contribution in [0.1, 0.15) is 153 Å². The molecule has 6 aliphatic rings. The van der Waals surface area contributed by atoms with Crippen molar-refractivity contribution in [1.29, 1.82) is 0 Å². The minimum atomic E-state index is -1.73. The van der Waals surface area contributed by atoms with E-state index in [0.717, 1.165) is 61.4 Å². The number of anilines is 3. The van der Waals surface area contributed by atoms with E-state index < -0.39 is 84.0 Å². The maximum Gasteiger partial charge on any atom is 0.407 e. The van der Waals surface area contributed by atoms with Gasteiger partial charge in [-0.25, -0.2) is 34.2 Å². The summed E-state index contributed by atoms with van der Waals surface area (Å²) in [7, 11) is 3.18. The third-order valence-corrected chi connectivity index (χ3v) is 24.6. The molecule has 124 heavy (non-hydrogen) atoms. The molecule has 4 aromatic heterocycles. The number of nitrogen functional groups attached to an aromatic ring is 2. The number of esters is 1. The summed E-state index contributed by atoms with van der Waals surface area (Å²) in [6, 6.07) is 10.9. The van der Waals surface area contributed by atoms with Gasteiger partial charge in [-0.15, -0.1) is 0 Å². The molecule has 3 amide bonds. The molecule has 2 unspecified atom stereocenters. The number of Topliss-reactive ketones (excluding diaryl/α,β-unsaturated/α-hetero) is 3. The van der Waals surface area contributed by atoms with Gasteiger partial charge in [-0.2, -0.15) is 10.1 Å². The van der Waals surface area contributed by atoms with Crippen LogP contribution in [0.2, 0.25) is 0 Å². The summed E-state index contributed by atoms with van der Waals surface area (Å²) in [5.41, 5.74) is 20.6. The van der Waals surface area contributed by atoms with Crippen molar-refractivity contribution in [3.8, 4) is 11.3 Å². The maximum atomic E-state index is 14.5. The largest absolute Gasteiger partial charge is 0.460 e. The number of amides is 3. The predicted octanol–water partition coefficient (Wildman–Crippen LogP) is 8.76. The number of methoxy groups -OCH3 is 2. The number of aliphatic hydroxyl groups is 2. The number of fused-ring (bicyclic) bond motifs is 6. The van der Waals surface area contributed by atoms with Crippen molar-refractivity contribution < 1.29 is 90.8 Å². The van der Waals surface area contributed by atoms with Gasteiger partial charge in [-0.3, -0.25) is 28.9 Å². The third kappa shape index (κ3) is 25.7. The molecule has 7 N–H and O–H groups in total. The number of hydrogen-bond donors (Lipinski definition) is 5. The van der Waals surface area contributed by atoms with Gasteiger partial charge in [0.25, 0.3) is 11.9 Å². The van der Waals surface area contributed by atoms with Crippen molar-refractivity contribution in [2.45, 2.75) is 212 Å². The number of cyclic esters (lactones) is 1. The van der Waals surface area contributed by atoms with Gasteiger partial charge in [0.1, 0.15) is 65.7 Å². The number of piperazine rings is 1. The summed E-state index contributed by atoms with van der Waals surface area (Å²) < 4.78 is 60.8. The zero-order valence-electron chi connectivity index (χ0n) is 72.6. The van der Waals surface area contributed by atoms with Gasteiger partial charge in [0.15, 0.2) is 17.0 Å². The average molecular weight is 1720 g/mol. The van der Waals surface area contributed by atoms with Gasteiger partial charge in [-0.05, 0) is 155 Å². The number of ketones is 3. The summed E-state index contributed by atoms with van der Waals surface area (Å²) in [4.78, 5) is 127. The number of aromatic nitrogens is 7. The first-order valence-corrected chi connectivity index (χ1v) is 43.9. The van der Waals surface area contributed by atoms with E-state index in [1.54, 1.807) is 53.5 Å². The lowest BCUT2D eigenvalue weighted by Crippen LogP contribution is -2.54. The van der Waals surface area contributed by atoms with E-state index in [0.29, 0.717) is 188 Å². The van der Waals surface area contributed by atoms with Crippen LogP contribution >= 0.6 is 0 Å². The van der Waals surface area contributed by atoms with E-state index in [4.69, 9.17) is 63.6 Å². The molecular weight excluding hydrogens is 1590 g/mol. The molecule has 5 aliphatic heterocycles. The fraction of sp³-hybridized carbons (Fsp3) is 0.593. The molecule has 2 aromatic carbocycles. The van der Waals surface area contributed by atoms with Crippen molar-refractivity contribution in [1.82, 2.24) is 54.7 Å². The highest BCUT2D eigenvalue weighted by atomic mass is 16.6. The second kappa shape index (κ2) is 45.9. The van der Waals surface area contributed by atoms with E-state index in [-0.39, 0.29) is 86.1 Å². The Morgan fingerprint density at radius 1 is 0.710 bits per heavy atom. The Morgan fingerprint density at radius 2 is 1.47 bits per heavy atom. The van der Waals surface area contributed by atoms with Gasteiger partial charge < -0.3 is 88.7 Å². The second-order valence-corrected chi connectivity index (χ2v) is 33.6. The van der Waals surface area contributed by atoms with Crippen LogP contribution < -0.4 is 21.7 Å². The van der Waals surface area contributed by atoms with Crippen LogP contribution in [0.25, 0.3) is 33.4 Å². The normalized spacial score (nSPS) is 26.1. The standard InChI is InChI=1S/C91H124N14O19/c1-57-14-9-8-10-15-58(2)76(115-6)50-68-16-13-18-75(121-68)83(110)87(112)104-29-12-11-17-71(104)88(113)122-69(49-72(106)59(3)45-61(5)82(109)84(111)81(108)60(4)44-57)24-20-62-21-25-74(77(47-62)116-7)124-91(114)96-53-64-51-94-90(95-52-64)102-33-31-101(32-34-102)35-37-118-39-41-120-43-42-119-40-38-117-36-28-78(107)103-30-27-65-46-63(19-22-67(65)55-103)54-105-86-79(85(92)97-56-98-86)80(100-105)66-23-26-73-70(48-66)99-89(93)123-73/h8-10,14-15,19,22-23,26,45-46,48,51-52,56-57,59-60,62,68-69,71,74-77,82,84,109,111H,11-13,16-18,20-21,24-25,27-44,47,49-50,53-55H2,1-7H3,(H2,93,99)(H,96,114)(H2,92,97,98)/b10-8?,14-9+,58-15?,61-45+/t57-,59-,60-,62-,68?,69-,71+,74-,75?,76+,77-,82-,84+/m1/s1. The van der Waals surface area contributed by atoms with E-state index in [2.05, 4.69) is 58.2 Å². The number of hydrogen-bond acceptors (Lipinski definition) is 29. The molecule has 33 heteroatoms. The maximum absolute atomic E-state index is 14.5. The summed E-state index contributed by atoms with van der Waals surface area (Å²) in [6.07, 6.45) is 15.4. The summed E-state index contributed by atoms with van der Waals surface area (Å²) in [5, 5.41) is 30.9. The number of carbonyl (C=O) groups is 7. The Hall–Kier alpha value is -9.81. The van der Waals surface area contributed by atoms with Crippen LogP contribution in [0.4, 0.5) is 22.6 Å². The molecule has 4 fully saturated rings. The molecule has 2 bridgehead atoms. The molecule has 0 radical (unpaired) electrons. The average Bonchev–Trinajstić information content (AvgIpc) is 1.61. The van der Waals surface area contributed by atoms with Crippen LogP contribution in [-0.2, 0) is 97.5 Å². The van der Waals surface area contributed by atoms with E-state index in [9.17, 15) is 43.8 Å². The summed E-state index contributed by atoms with van der Waals surface area (Å²) in [6.45, 7) is 17.9. The Balaban J connectivity index is 0.516. The number of nitrogens with zero attached hydrogens (tertiary/aromatic N) is 11. The number of nitrogens with two attached hydrogens (primary N) is 2. The SMILES string of the molecule is CO[C@H]1CC2CCCC(O2)C(=O)C(=O)N2CCCC[C@H]2C(=O)O[C@H](CC[C@@H]2CC[C@@H](OC(=O)NCc3cnc(N4CCN(CCOCCOCCOCCOCCC(=O)N5CCc6cc(Cn7nc(-c8ccc9oc(N)nc9c8)c8c(N)ncnc87)ccc6C5)CC4)nc3)[C@H](OC)C2)CC(=O)[C@H](C)/C=C(\C)[C@@H](O)[C@@H](O)C(=O)[C@H](C)C[C@H](C)/C=C/C=CC=C1C. The number of rotatable bonds is 27. The lowest BCUT2D eigenvalue weighted by Gasteiger charge is -2.37. The highest BCUT2D eigenvalue weighted by Crippen LogP contribution is 2.37. The number of piperidine rings is 1. The van der Waals surface area contributed by atoms with E-state index in [1.807, 2.05) is 65.9 Å². The second-order valence-electron chi connectivity index (χ2n) is 33.6. The van der Waals surface area contributed by atoms with Crippen molar-refractivity contribution in [2.75, 3.05) is 129 Å². The molecule has 3 saturated heterocycles. The van der Waals surface area contributed by atoms with Crippen LogP contribution in [0.3, 0.4) is 0 Å². The fourth-order valence-corrected chi connectivity index (χ4v) is 17.4. The molecule has 1 aliphatic carbocycles. The minimum absolute atomic E-state index is 0.0111. The van der Waals surface area contributed by atoms with Gasteiger partial charge >= 0.3 is 12.1 Å². The quantitative estimate of drug-likeness (QED) is 0.0139. The first-order chi connectivity index (χ1) is 60.0. The van der Waals surface area contributed by atoms with Crippen LogP contribution in [0, 0.1) is 23.7 Å². The van der Waals surface area contributed by atoms with Crippen molar-refractivity contribution in [3.05, 3.63) is 125 Å². The van der Waals surface area contributed by atoms with Crippen LogP contribution in [0.5, 0.6) is 0 Å². The van der Waals surface area contributed by atoms with Gasteiger partial charge in [0.05, 0.1) is 89.5 Å². The highest BCUT2D eigenvalue weighted by molar-refractivity contribution is 6.38. The molecule has 9 heterocycles. The zero-order valence-corrected chi connectivity index (χ0v) is 72.6. The molecule has 33 nitrogen and oxygen atoms in total. The third-order valence-electron chi connectivity index (χ3n) is 24.6. The molecule has 672 valence electrons. The van der Waals surface area contributed by atoms with Gasteiger partial charge in [0.2, 0.25) is 17.6 Å². The number of aliphatic hydroxyl groups excluding tert-OH is 2. The molecule has 13 atom stereocenters. The fourth-order valence-electron chi connectivity index (χ4n) is 17.4. The molecule has 6 aromatic rings. The van der Waals surface area contributed by atoms with Crippen molar-refractivity contribution in [2.24, 2.45) is 23.7 Å². The Bertz CT molecular complexity index is 4720. The molecule has 1 saturated carbocycles. The number of ether oxygens (including phenoxy) is 9. The lowest BCUT2D eigenvalue weighted by atomic mass is 9.81. The van der Waals surface area contributed by atoms with Crippen LogP contribution in [0.15, 0.2) is 107 Å². The smallest absolute Gasteiger partial charge is 0.407 e. The lowest BCUT2D eigenvalue weighted by molar-refractivity contribution is -0.167. The van der Waals surface area contributed by atoms with E-state index >= 15 is 0 Å². The number of benzene rings is 2. The number of carbonyl (C=O) groups excluding carboxylic acids is 7. The number of alkyl carbamates (subject to hydrolysis) is 1. The van der Waals surface area contributed by atoms with Crippen molar-refractivity contribution in [3.63, 3.8) is 0 Å². The monoisotopic (exact) mass is 1720 g/mol.